The number of hydrogen-bond acceptors (Lipinski definition) is 7. The van der Waals surface area contributed by atoms with Crippen molar-refractivity contribution in [3.63, 3.8) is 0 Å². The average molecular weight is 131 g/mol. The Morgan fingerprint density at radius 3 is 1.78 bits per heavy atom. The van der Waals surface area contributed by atoms with Gasteiger partial charge in [-0.1, -0.05) is 6.58 Å². The van der Waals surface area contributed by atoms with Crippen LogP contribution in [0, 0.1) is 0 Å². The second kappa shape index (κ2) is 3.22. The highest BCUT2D eigenvalue weighted by Gasteiger charge is 1.91. The number of hydrazine groups is 6. The van der Waals surface area contributed by atoms with Gasteiger partial charge in [0.25, 0.3) is 0 Å². The lowest BCUT2D eigenvalue weighted by Crippen LogP contribution is -2.65. The van der Waals surface area contributed by atoms with Crippen molar-refractivity contribution in [2.24, 2.45) is 0 Å². The molecule has 0 spiro atoms. The molecular formula is C2H9N7. The van der Waals surface area contributed by atoms with Crippen LogP contribution >= 0.6 is 0 Å². The van der Waals surface area contributed by atoms with Gasteiger partial charge in [-0.25, -0.2) is 0 Å². The Morgan fingerprint density at radius 2 is 1.22 bits per heavy atom. The molecule has 0 aliphatic carbocycles. The van der Waals surface area contributed by atoms with Gasteiger partial charge in [0.05, 0.1) is 0 Å². The smallest absolute Gasteiger partial charge is 0.122 e. The van der Waals surface area contributed by atoms with E-state index in [0.29, 0.717) is 5.82 Å². The summed E-state index contributed by atoms with van der Waals surface area (Å²) in [7, 11) is 0. The fraction of sp³-hybridized carbons (Fsp3) is 0. The zero-order chi connectivity index (χ0) is 6.53. The molecule has 1 aliphatic rings. The van der Waals surface area contributed by atoms with Crippen LogP contribution in [0.4, 0.5) is 0 Å². The Kier molecular flexibility index (Phi) is 2.24. The molecule has 7 heteroatoms. The van der Waals surface area contributed by atoms with Crippen molar-refractivity contribution >= 4 is 0 Å². The van der Waals surface area contributed by atoms with Crippen LogP contribution in [0.1, 0.15) is 0 Å². The first-order valence-corrected chi connectivity index (χ1v) is 2.35. The Bertz CT molecular complexity index is 89.1. The standard InChI is InChI=1S/C2H9N7/c1-2-3-5-7-9-8-6-4-2/h3-9H,1H2. The quantitative estimate of drug-likeness (QED) is 0.190. The van der Waals surface area contributed by atoms with Crippen molar-refractivity contribution < 1.29 is 0 Å². The molecule has 52 valence electrons. The van der Waals surface area contributed by atoms with Crippen LogP contribution in [0.2, 0.25) is 0 Å². The van der Waals surface area contributed by atoms with Crippen molar-refractivity contribution in [1.29, 1.82) is 0 Å². The molecular weight excluding hydrogens is 122 g/mol. The normalized spacial score (nSPS) is 21.1. The molecule has 0 aromatic carbocycles. The lowest BCUT2D eigenvalue weighted by molar-refractivity contribution is 0.253. The monoisotopic (exact) mass is 131 g/mol. The summed E-state index contributed by atoms with van der Waals surface area (Å²) in [5.41, 5.74) is 18.0. The Balaban J connectivity index is 2.20. The Hall–Kier alpha value is -0.860. The summed E-state index contributed by atoms with van der Waals surface area (Å²) in [5.74, 6) is 0.594. The molecule has 0 aromatic heterocycles. The highest BCUT2D eigenvalue weighted by Crippen LogP contribution is 1.64. The third-order valence-electron chi connectivity index (χ3n) is 0.677. The van der Waals surface area contributed by atoms with Crippen LogP contribution < -0.4 is 38.5 Å². The summed E-state index contributed by atoms with van der Waals surface area (Å²) in [6.07, 6.45) is 0. The fourth-order valence-corrected chi connectivity index (χ4v) is 0.338. The summed E-state index contributed by atoms with van der Waals surface area (Å²) < 4.78 is 0. The lowest BCUT2D eigenvalue weighted by atomic mass is 10.9. The second-order valence-electron chi connectivity index (χ2n) is 1.35. The molecule has 7 nitrogen and oxygen atoms in total. The van der Waals surface area contributed by atoms with Crippen LogP contribution in [-0.4, -0.2) is 0 Å². The van der Waals surface area contributed by atoms with E-state index in [4.69, 9.17) is 0 Å². The summed E-state index contributed by atoms with van der Waals surface area (Å²) in [6, 6.07) is 0. The van der Waals surface area contributed by atoms with Gasteiger partial charge >= 0.3 is 0 Å². The maximum absolute atomic E-state index is 3.56. The molecule has 0 aromatic rings. The predicted molar refractivity (Wildman–Crippen MR) is 31.1 cm³/mol. The molecule has 0 radical (unpaired) electrons. The first kappa shape index (κ1) is 6.26. The molecule has 0 saturated carbocycles. The molecule has 0 unspecified atom stereocenters. The SMILES string of the molecule is C=C1NNNNNNN1. The molecule has 1 rings (SSSR count). The van der Waals surface area contributed by atoms with E-state index in [2.05, 4.69) is 45.1 Å². The molecule has 7 N–H and O–H groups in total. The van der Waals surface area contributed by atoms with Gasteiger partial charge in [0, 0.05) is 0 Å². The van der Waals surface area contributed by atoms with Gasteiger partial charge in [-0.3, -0.25) is 10.9 Å². The minimum Gasteiger partial charge on any atom is -0.292 e. The second-order valence-corrected chi connectivity index (χ2v) is 1.35. The summed E-state index contributed by atoms with van der Waals surface area (Å²) in [4.78, 5) is 0. The van der Waals surface area contributed by atoms with E-state index in [0.717, 1.165) is 0 Å². The molecule has 1 heterocycles. The third-order valence-corrected chi connectivity index (χ3v) is 0.677. The molecule has 9 heavy (non-hydrogen) atoms. The van der Waals surface area contributed by atoms with Crippen LogP contribution in [0.25, 0.3) is 0 Å². The van der Waals surface area contributed by atoms with Gasteiger partial charge in [0.2, 0.25) is 0 Å². The minimum absolute atomic E-state index is 0.594. The Labute approximate surface area is 52.1 Å². The van der Waals surface area contributed by atoms with Gasteiger partial charge in [-0.15, -0.1) is 0 Å². The number of hydrogen-bond donors (Lipinski definition) is 7. The topological polar surface area (TPSA) is 84.2 Å². The van der Waals surface area contributed by atoms with E-state index in [1.54, 1.807) is 0 Å². The fourth-order valence-electron chi connectivity index (χ4n) is 0.338. The summed E-state index contributed by atoms with van der Waals surface area (Å²) >= 11 is 0. The predicted octanol–water partition coefficient (Wildman–Crippen LogP) is -2.91. The lowest BCUT2D eigenvalue weighted by Gasteiger charge is -2.19. The summed E-state index contributed by atoms with van der Waals surface area (Å²) in [5, 5.41) is 0. The van der Waals surface area contributed by atoms with Gasteiger partial charge in [0.1, 0.15) is 5.82 Å². The first-order chi connectivity index (χ1) is 4.39. The zero-order valence-corrected chi connectivity index (χ0v) is 4.71. The molecule has 1 aliphatic heterocycles. The molecule has 1 fully saturated rings. The molecule has 0 amide bonds. The van der Waals surface area contributed by atoms with Gasteiger partial charge in [0.15, 0.2) is 0 Å². The van der Waals surface area contributed by atoms with E-state index in [9.17, 15) is 0 Å². The van der Waals surface area contributed by atoms with Crippen LogP contribution in [0.15, 0.2) is 12.4 Å². The minimum atomic E-state index is 0.594. The van der Waals surface area contributed by atoms with Gasteiger partial charge in [-0.2, -0.15) is 27.7 Å². The van der Waals surface area contributed by atoms with Gasteiger partial charge in [-0.05, 0) is 0 Å². The van der Waals surface area contributed by atoms with Crippen LogP contribution in [0.5, 0.6) is 0 Å². The van der Waals surface area contributed by atoms with Gasteiger partial charge < -0.3 is 0 Å². The zero-order valence-electron chi connectivity index (χ0n) is 4.71. The van der Waals surface area contributed by atoms with E-state index in [1.807, 2.05) is 0 Å². The maximum atomic E-state index is 3.56. The highest BCUT2D eigenvalue weighted by atomic mass is 15.9. The first-order valence-electron chi connectivity index (χ1n) is 2.35. The number of nitrogens with one attached hydrogen (secondary N) is 7. The van der Waals surface area contributed by atoms with E-state index in [-0.39, 0.29) is 0 Å². The van der Waals surface area contributed by atoms with E-state index in [1.165, 1.54) is 0 Å². The van der Waals surface area contributed by atoms with Crippen LogP contribution in [0.3, 0.4) is 0 Å². The third kappa shape index (κ3) is 2.26. The molecule has 0 bridgehead atoms. The van der Waals surface area contributed by atoms with Crippen molar-refractivity contribution in [3.8, 4) is 0 Å². The largest absolute Gasteiger partial charge is 0.292 e. The van der Waals surface area contributed by atoms with Crippen molar-refractivity contribution in [2.75, 3.05) is 0 Å². The van der Waals surface area contributed by atoms with Crippen LogP contribution in [-0.2, 0) is 0 Å². The van der Waals surface area contributed by atoms with E-state index < -0.39 is 0 Å². The van der Waals surface area contributed by atoms with E-state index >= 15 is 0 Å². The highest BCUT2D eigenvalue weighted by molar-refractivity contribution is 4.82. The summed E-state index contributed by atoms with van der Waals surface area (Å²) in [6.45, 7) is 3.56. The Morgan fingerprint density at radius 1 is 0.778 bits per heavy atom. The molecule has 0 atom stereocenters. The van der Waals surface area contributed by atoms with Crippen molar-refractivity contribution in [1.82, 2.24) is 38.5 Å². The molecule has 1 saturated heterocycles. The van der Waals surface area contributed by atoms with Crippen molar-refractivity contribution in [2.45, 2.75) is 0 Å². The maximum Gasteiger partial charge on any atom is 0.122 e. The average Bonchev–Trinajstić information content (AvgIpc) is 1.79. The number of rotatable bonds is 0. The van der Waals surface area contributed by atoms with Crippen molar-refractivity contribution in [3.05, 3.63) is 12.4 Å².